The van der Waals surface area contributed by atoms with E-state index in [4.69, 9.17) is 16.3 Å². The zero-order valence-electron chi connectivity index (χ0n) is 21.0. The Morgan fingerprint density at radius 3 is 2.11 bits per heavy atom. The number of aliphatic carboxylic acids is 1. The van der Waals surface area contributed by atoms with Gasteiger partial charge in [0.05, 0.1) is 11.5 Å². The van der Waals surface area contributed by atoms with Crippen LogP contribution in [0.1, 0.15) is 43.0 Å². The lowest BCUT2D eigenvalue weighted by Gasteiger charge is -2.15. The SMILES string of the molecule is CCCCOc1ccc(C(=O)NCCC[C@H](NS(=O)(=O)c2ccc(-c3ccc(Cl)cc3)cc2)C(=O)O)cc1. The van der Waals surface area contributed by atoms with Gasteiger partial charge in [0.1, 0.15) is 11.8 Å². The second-order valence-corrected chi connectivity index (χ2v) is 10.8. The number of rotatable bonds is 14. The number of unbranched alkanes of at least 4 members (excludes halogenated alkanes) is 1. The molecule has 0 aliphatic carbocycles. The van der Waals surface area contributed by atoms with E-state index < -0.39 is 22.0 Å². The van der Waals surface area contributed by atoms with E-state index in [-0.39, 0.29) is 30.2 Å². The van der Waals surface area contributed by atoms with Crippen LogP contribution in [0.2, 0.25) is 5.02 Å². The lowest BCUT2D eigenvalue weighted by molar-refractivity contribution is -0.139. The Balaban J connectivity index is 1.51. The number of hydrogen-bond acceptors (Lipinski definition) is 5. The summed E-state index contributed by atoms with van der Waals surface area (Å²) in [7, 11) is -4.07. The molecule has 38 heavy (non-hydrogen) atoms. The highest BCUT2D eigenvalue weighted by Gasteiger charge is 2.25. The number of hydrogen-bond donors (Lipinski definition) is 3. The third-order valence-corrected chi connectivity index (χ3v) is 7.52. The Kier molecular flexibility index (Phi) is 10.7. The molecule has 0 unspecified atom stereocenters. The first-order chi connectivity index (χ1) is 18.2. The van der Waals surface area contributed by atoms with Gasteiger partial charge in [-0.2, -0.15) is 4.72 Å². The average molecular weight is 559 g/mol. The summed E-state index contributed by atoms with van der Waals surface area (Å²) in [6, 6.07) is 18.7. The molecular weight excluding hydrogens is 528 g/mol. The molecule has 1 atom stereocenters. The first kappa shape index (κ1) is 29.2. The van der Waals surface area contributed by atoms with E-state index >= 15 is 0 Å². The van der Waals surface area contributed by atoms with Crippen LogP contribution in [-0.4, -0.2) is 44.6 Å². The van der Waals surface area contributed by atoms with Crippen molar-refractivity contribution in [3.05, 3.63) is 83.4 Å². The third kappa shape index (κ3) is 8.58. The second-order valence-electron chi connectivity index (χ2n) is 8.67. The van der Waals surface area contributed by atoms with Crippen LogP contribution in [0, 0.1) is 0 Å². The highest BCUT2D eigenvalue weighted by molar-refractivity contribution is 7.89. The summed E-state index contributed by atoms with van der Waals surface area (Å²) in [6.07, 6.45) is 2.25. The number of sulfonamides is 1. The van der Waals surface area contributed by atoms with Gasteiger partial charge in [-0.3, -0.25) is 9.59 Å². The number of benzene rings is 3. The number of nitrogens with one attached hydrogen (secondary N) is 2. The first-order valence-corrected chi connectivity index (χ1v) is 14.2. The molecule has 0 saturated heterocycles. The van der Waals surface area contributed by atoms with Gasteiger partial charge in [-0.25, -0.2) is 8.42 Å². The van der Waals surface area contributed by atoms with Crippen LogP contribution < -0.4 is 14.8 Å². The standard InChI is InChI=1S/C28H31ClN2O6S/c1-2-3-19-37-24-14-8-22(9-15-24)27(32)30-18-4-5-26(28(33)34)31-38(35,36)25-16-10-21(11-17-25)20-6-12-23(29)13-7-20/h6-17,26,31H,2-5,18-19H2,1H3,(H,30,32)(H,33,34)/t26-/m0/s1. The second kappa shape index (κ2) is 13.9. The van der Waals surface area contributed by atoms with Crippen LogP contribution >= 0.6 is 11.6 Å². The molecule has 8 nitrogen and oxygen atoms in total. The molecule has 1 amide bonds. The molecule has 0 aliphatic heterocycles. The van der Waals surface area contributed by atoms with Crippen LogP contribution in [-0.2, 0) is 14.8 Å². The van der Waals surface area contributed by atoms with Gasteiger partial charge in [-0.05, 0) is 78.9 Å². The summed E-state index contributed by atoms with van der Waals surface area (Å²) in [5.41, 5.74) is 2.11. The molecule has 0 heterocycles. The van der Waals surface area contributed by atoms with E-state index in [1.807, 2.05) is 12.1 Å². The van der Waals surface area contributed by atoms with Crippen molar-refractivity contribution in [2.45, 2.75) is 43.5 Å². The maximum atomic E-state index is 12.8. The average Bonchev–Trinajstić information content (AvgIpc) is 2.91. The molecule has 0 radical (unpaired) electrons. The topological polar surface area (TPSA) is 122 Å². The van der Waals surface area contributed by atoms with Crippen molar-refractivity contribution in [3.8, 4) is 16.9 Å². The van der Waals surface area contributed by atoms with E-state index in [0.717, 1.165) is 24.0 Å². The largest absolute Gasteiger partial charge is 0.494 e. The fourth-order valence-electron chi connectivity index (χ4n) is 3.60. The molecule has 3 rings (SSSR count). The fraction of sp³-hybridized carbons (Fsp3) is 0.286. The zero-order chi connectivity index (χ0) is 27.5. The number of halogens is 1. The van der Waals surface area contributed by atoms with Crippen LogP contribution in [0.3, 0.4) is 0 Å². The summed E-state index contributed by atoms with van der Waals surface area (Å²) in [5, 5.41) is 12.9. The molecule has 0 bridgehead atoms. The van der Waals surface area contributed by atoms with Gasteiger partial charge in [0, 0.05) is 17.1 Å². The van der Waals surface area contributed by atoms with E-state index in [1.54, 1.807) is 48.5 Å². The predicted octanol–water partition coefficient (Wildman–Crippen LogP) is 5.13. The Bertz CT molecular complexity index is 1310. The van der Waals surface area contributed by atoms with Gasteiger partial charge in [-0.15, -0.1) is 0 Å². The first-order valence-electron chi connectivity index (χ1n) is 12.3. The molecule has 0 spiro atoms. The van der Waals surface area contributed by atoms with Crippen LogP contribution in [0.5, 0.6) is 5.75 Å². The summed E-state index contributed by atoms with van der Waals surface area (Å²) in [4.78, 5) is 24.0. The van der Waals surface area contributed by atoms with E-state index in [0.29, 0.717) is 22.9 Å². The number of carboxylic acid groups (broad SMARTS) is 1. The maximum Gasteiger partial charge on any atom is 0.321 e. The predicted molar refractivity (Wildman–Crippen MR) is 147 cm³/mol. The quantitative estimate of drug-likeness (QED) is 0.236. The lowest BCUT2D eigenvalue weighted by Crippen LogP contribution is -2.41. The maximum absolute atomic E-state index is 12.8. The minimum atomic E-state index is -4.07. The van der Waals surface area contributed by atoms with E-state index in [1.165, 1.54) is 12.1 Å². The molecule has 3 aromatic rings. The molecule has 0 saturated carbocycles. The van der Waals surface area contributed by atoms with Crippen molar-refractivity contribution in [1.29, 1.82) is 0 Å². The zero-order valence-corrected chi connectivity index (χ0v) is 22.6. The highest BCUT2D eigenvalue weighted by Crippen LogP contribution is 2.23. The van der Waals surface area contributed by atoms with Gasteiger partial charge in [-0.1, -0.05) is 49.2 Å². The van der Waals surface area contributed by atoms with Crippen molar-refractivity contribution in [1.82, 2.24) is 10.0 Å². The number of carboxylic acids is 1. The number of carbonyl (C=O) groups excluding carboxylic acids is 1. The van der Waals surface area contributed by atoms with Crippen molar-refractivity contribution >= 4 is 33.5 Å². The molecule has 0 aliphatic rings. The molecule has 3 N–H and O–H groups in total. The highest BCUT2D eigenvalue weighted by atomic mass is 35.5. The molecule has 3 aromatic carbocycles. The van der Waals surface area contributed by atoms with E-state index in [2.05, 4.69) is 17.0 Å². The Hall–Kier alpha value is -3.40. The monoisotopic (exact) mass is 558 g/mol. The minimum Gasteiger partial charge on any atom is -0.494 e. The van der Waals surface area contributed by atoms with Crippen molar-refractivity contribution in [2.75, 3.05) is 13.2 Å². The fourth-order valence-corrected chi connectivity index (χ4v) is 4.95. The Morgan fingerprint density at radius 2 is 1.53 bits per heavy atom. The smallest absolute Gasteiger partial charge is 0.321 e. The lowest BCUT2D eigenvalue weighted by atomic mass is 10.1. The molecule has 0 fully saturated rings. The van der Waals surface area contributed by atoms with Gasteiger partial charge < -0.3 is 15.2 Å². The van der Waals surface area contributed by atoms with Gasteiger partial charge >= 0.3 is 5.97 Å². The number of ether oxygens (including phenoxy) is 1. The molecule has 202 valence electrons. The van der Waals surface area contributed by atoms with Gasteiger partial charge in [0.15, 0.2) is 0 Å². The molecule has 0 aromatic heterocycles. The summed E-state index contributed by atoms with van der Waals surface area (Å²) in [6.45, 7) is 2.88. The number of carbonyl (C=O) groups is 2. The van der Waals surface area contributed by atoms with Gasteiger partial charge in [0.2, 0.25) is 10.0 Å². The van der Waals surface area contributed by atoms with Gasteiger partial charge in [0.25, 0.3) is 5.91 Å². The normalized spacial score (nSPS) is 12.1. The van der Waals surface area contributed by atoms with Crippen molar-refractivity contribution < 1.29 is 27.9 Å². The van der Waals surface area contributed by atoms with Crippen LogP contribution in [0.4, 0.5) is 0 Å². The summed E-state index contributed by atoms with van der Waals surface area (Å²) in [5.74, 6) is -0.916. The van der Waals surface area contributed by atoms with Crippen LogP contribution in [0.25, 0.3) is 11.1 Å². The minimum absolute atomic E-state index is 0.00189. The summed E-state index contributed by atoms with van der Waals surface area (Å²) < 4.78 is 33.4. The molecule has 10 heteroatoms. The van der Waals surface area contributed by atoms with Crippen molar-refractivity contribution in [2.24, 2.45) is 0 Å². The number of amides is 1. The van der Waals surface area contributed by atoms with Crippen LogP contribution in [0.15, 0.2) is 77.7 Å². The third-order valence-electron chi connectivity index (χ3n) is 5.78. The Labute approximate surface area is 228 Å². The van der Waals surface area contributed by atoms with Crippen molar-refractivity contribution in [3.63, 3.8) is 0 Å². The van der Waals surface area contributed by atoms with E-state index in [9.17, 15) is 23.1 Å². The summed E-state index contributed by atoms with van der Waals surface area (Å²) >= 11 is 5.91. The Morgan fingerprint density at radius 1 is 0.921 bits per heavy atom. The molecular formula is C28H31ClN2O6S.